The fourth-order valence-electron chi connectivity index (χ4n) is 1.56. The molecule has 22 heavy (non-hydrogen) atoms. The highest BCUT2D eigenvalue weighted by Gasteiger charge is 2.37. The van der Waals surface area contributed by atoms with Gasteiger partial charge in [-0.25, -0.2) is 0 Å². The van der Waals surface area contributed by atoms with Crippen molar-refractivity contribution in [2.75, 3.05) is 0 Å². The molecule has 0 atom stereocenters. The first-order valence-electron chi connectivity index (χ1n) is 5.57. The number of nitro groups is 1. The molecule has 2 aromatic rings. The molecule has 0 fully saturated rings. The van der Waals surface area contributed by atoms with Crippen LogP contribution >= 0.6 is 11.8 Å². The van der Waals surface area contributed by atoms with Gasteiger partial charge in [-0.3, -0.25) is 10.1 Å². The third-order valence-corrected chi connectivity index (χ3v) is 3.70. The van der Waals surface area contributed by atoms with E-state index in [4.69, 9.17) is 5.26 Å². The Morgan fingerprint density at radius 2 is 2.09 bits per heavy atom. The van der Waals surface area contributed by atoms with Gasteiger partial charge in [-0.15, -0.1) is 10.2 Å². The Balaban J connectivity index is 2.38. The Hall–Kier alpha value is -2.61. The fraction of sp³-hybridized carbons (Fsp3) is 0.182. The fourth-order valence-corrected chi connectivity index (χ4v) is 2.41. The second-order valence-electron chi connectivity index (χ2n) is 4.01. The van der Waals surface area contributed by atoms with Gasteiger partial charge in [0.1, 0.15) is 6.07 Å². The molecule has 0 aliphatic carbocycles. The molecule has 1 aromatic heterocycles. The summed E-state index contributed by atoms with van der Waals surface area (Å²) < 4.78 is 38.6. The summed E-state index contributed by atoms with van der Waals surface area (Å²) in [7, 11) is 1.14. The van der Waals surface area contributed by atoms with Gasteiger partial charge in [0, 0.05) is 24.1 Å². The number of halogens is 3. The van der Waals surface area contributed by atoms with Crippen molar-refractivity contribution in [1.82, 2.24) is 14.8 Å². The van der Waals surface area contributed by atoms with E-state index < -0.39 is 16.9 Å². The van der Waals surface area contributed by atoms with Gasteiger partial charge in [0.2, 0.25) is 5.82 Å². The summed E-state index contributed by atoms with van der Waals surface area (Å²) in [4.78, 5) is 10.2. The van der Waals surface area contributed by atoms with Crippen molar-refractivity contribution in [2.45, 2.75) is 16.2 Å². The summed E-state index contributed by atoms with van der Waals surface area (Å²) in [5, 5.41) is 26.0. The van der Waals surface area contributed by atoms with Gasteiger partial charge < -0.3 is 4.57 Å². The van der Waals surface area contributed by atoms with Crippen molar-refractivity contribution in [1.29, 1.82) is 5.26 Å². The number of rotatable bonds is 3. The number of nitriles is 1. The molecule has 0 unspecified atom stereocenters. The number of benzene rings is 1. The number of alkyl halides is 3. The van der Waals surface area contributed by atoms with Crippen LogP contribution < -0.4 is 0 Å². The van der Waals surface area contributed by atoms with Crippen LogP contribution in [-0.2, 0) is 13.2 Å². The minimum atomic E-state index is -4.64. The summed E-state index contributed by atoms with van der Waals surface area (Å²) in [6.45, 7) is 0. The zero-order chi connectivity index (χ0) is 16.5. The van der Waals surface area contributed by atoms with Crippen LogP contribution in [0, 0.1) is 21.4 Å². The van der Waals surface area contributed by atoms with Gasteiger partial charge in [0.25, 0.3) is 5.69 Å². The van der Waals surface area contributed by atoms with Crippen molar-refractivity contribution in [3.63, 3.8) is 0 Å². The van der Waals surface area contributed by atoms with Gasteiger partial charge in [0.15, 0.2) is 5.16 Å². The maximum Gasteiger partial charge on any atom is 0.451 e. The van der Waals surface area contributed by atoms with E-state index in [0.29, 0.717) is 0 Å². The highest BCUT2D eigenvalue weighted by atomic mass is 32.2. The number of aromatic nitrogens is 3. The minimum Gasteiger partial charge on any atom is -0.301 e. The molecule has 1 aromatic carbocycles. The van der Waals surface area contributed by atoms with E-state index in [9.17, 15) is 23.3 Å². The zero-order valence-electron chi connectivity index (χ0n) is 10.8. The molecule has 7 nitrogen and oxygen atoms in total. The van der Waals surface area contributed by atoms with Crippen molar-refractivity contribution in [3.05, 3.63) is 39.7 Å². The molecule has 0 N–H and O–H groups in total. The van der Waals surface area contributed by atoms with Crippen LogP contribution in [0.25, 0.3) is 0 Å². The van der Waals surface area contributed by atoms with Gasteiger partial charge in [-0.2, -0.15) is 18.4 Å². The predicted octanol–water partition coefficient (Wildman–Crippen LogP) is 2.76. The van der Waals surface area contributed by atoms with E-state index in [1.807, 2.05) is 0 Å². The average molecular weight is 329 g/mol. The molecular formula is C11H6F3N5O2S. The van der Waals surface area contributed by atoms with Crippen molar-refractivity contribution in [2.24, 2.45) is 7.05 Å². The van der Waals surface area contributed by atoms with E-state index in [-0.39, 0.29) is 21.3 Å². The molecule has 11 heteroatoms. The number of nitrogens with zero attached hydrogens (tertiary/aromatic N) is 5. The lowest BCUT2D eigenvalue weighted by atomic mass is 10.2. The molecular weight excluding hydrogens is 323 g/mol. The quantitative estimate of drug-likeness (QED) is 0.634. The SMILES string of the molecule is Cn1c(Sc2ccc([N+](=O)[O-])cc2C#N)nnc1C(F)(F)F. The lowest BCUT2D eigenvalue weighted by Crippen LogP contribution is -2.12. The third kappa shape index (κ3) is 3.01. The Morgan fingerprint density at radius 1 is 1.41 bits per heavy atom. The van der Waals surface area contributed by atoms with E-state index in [1.54, 1.807) is 6.07 Å². The van der Waals surface area contributed by atoms with Crippen LogP contribution in [0.1, 0.15) is 11.4 Å². The lowest BCUT2D eigenvalue weighted by Gasteiger charge is -2.06. The van der Waals surface area contributed by atoms with Crippen LogP contribution in [0.5, 0.6) is 0 Å². The minimum absolute atomic E-state index is 0.0317. The highest BCUT2D eigenvalue weighted by Crippen LogP contribution is 2.34. The summed E-state index contributed by atoms with van der Waals surface area (Å²) in [5.74, 6) is -1.17. The largest absolute Gasteiger partial charge is 0.451 e. The van der Waals surface area contributed by atoms with Gasteiger partial charge in [0.05, 0.1) is 10.5 Å². The maximum atomic E-state index is 12.6. The second-order valence-corrected chi connectivity index (χ2v) is 5.02. The molecule has 1 heterocycles. The molecule has 0 amide bonds. The normalized spacial score (nSPS) is 11.2. The number of hydrogen-bond acceptors (Lipinski definition) is 6. The lowest BCUT2D eigenvalue weighted by molar-refractivity contribution is -0.384. The molecule has 0 spiro atoms. The van der Waals surface area contributed by atoms with Crippen LogP contribution in [0.3, 0.4) is 0 Å². The van der Waals surface area contributed by atoms with E-state index in [2.05, 4.69) is 10.2 Å². The first-order chi connectivity index (χ1) is 10.2. The van der Waals surface area contributed by atoms with Gasteiger partial charge >= 0.3 is 6.18 Å². The Labute approximate surface area is 125 Å². The summed E-state index contributed by atoms with van der Waals surface area (Å²) >= 11 is 0.767. The first-order valence-corrected chi connectivity index (χ1v) is 6.38. The van der Waals surface area contributed by atoms with Crippen molar-refractivity contribution in [3.8, 4) is 6.07 Å². The molecule has 0 radical (unpaired) electrons. The first kappa shape index (κ1) is 15.8. The number of hydrogen-bond donors (Lipinski definition) is 0. The maximum absolute atomic E-state index is 12.6. The summed E-state index contributed by atoms with van der Waals surface area (Å²) in [6.07, 6.45) is -4.64. The third-order valence-electron chi connectivity index (χ3n) is 2.58. The van der Waals surface area contributed by atoms with Crippen molar-refractivity contribution >= 4 is 17.4 Å². The van der Waals surface area contributed by atoms with Gasteiger partial charge in [-0.05, 0) is 17.8 Å². The van der Waals surface area contributed by atoms with Crippen LogP contribution in [0.2, 0.25) is 0 Å². The monoisotopic (exact) mass is 329 g/mol. The molecule has 0 aliphatic rings. The van der Waals surface area contributed by atoms with E-state index in [0.717, 1.165) is 35.5 Å². The Bertz CT molecular complexity index is 781. The molecule has 0 bridgehead atoms. The van der Waals surface area contributed by atoms with Crippen LogP contribution in [-0.4, -0.2) is 19.7 Å². The molecule has 0 saturated carbocycles. The summed E-state index contributed by atoms with van der Waals surface area (Å²) in [6, 6.07) is 5.25. The van der Waals surface area contributed by atoms with Crippen LogP contribution in [0.15, 0.2) is 28.3 Å². The average Bonchev–Trinajstić information content (AvgIpc) is 2.80. The molecule has 114 valence electrons. The molecule has 0 saturated heterocycles. The molecule has 0 aliphatic heterocycles. The summed E-state index contributed by atoms with van der Waals surface area (Å²) in [5.41, 5.74) is -0.314. The Morgan fingerprint density at radius 3 is 2.59 bits per heavy atom. The van der Waals surface area contributed by atoms with E-state index in [1.165, 1.54) is 6.07 Å². The van der Waals surface area contributed by atoms with Gasteiger partial charge in [-0.1, -0.05) is 0 Å². The van der Waals surface area contributed by atoms with Crippen LogP contribution in [0.4, 0.5) is 18.9 Å². The zero-order valence-corrected chi connectivity index (χ0v) is 11.6. The van der Waals surface area contributed by atoms with Crippen molar-refractivity contribution < 1.29 is 18.1 Å². The smallest absolute Gasteiger partial charge is 0.301 e. The number of non-ortho nitro benzene ring substituents is 1. The standard InChI is InChI=1S/C11H6F3N5O2S/c1-18-9(11(12,13)14)16-17-10(18)22-8-3-2-7(19(20)21)4-6(8)5-15/h2-4H,1H3. The highest BCUT2D eigenvalue weighted by molar-refractivity contribution is 7.99. The Kier molecular flexibility index (Phi) is 4.05. The topological polar surface area (TPSA) is 97.6 Å². The molecule has 2 rings (SSSR count). The second kappa shape index (κ2) is 5.64. The number of nitro benzene ring substituents is 1. The predicted molar refractivity (Wildman–Crippen MR) is 67.9 cm³/mol. The van der Waals surface area contributed by atoms with E-state index >= 15 is 0 Å².